The average Bonchev–Trinajstić information content (AvgIpc) is 3.95. The summed E-state index contributed by atoms with van der Waals surface area (Å²) in [6, 6.07) is 99.3. The smallest absolute Gasteiger partial charge is 0.0619 e. The number of rotatable bonds is 9. The molecule has 0 spiro atoms. The fourth-order valence-corrected chi connectivity index (χ4v) is 10.7. The number of para-hydroxylation sites is 5. The molecule has 0 aliphatic rings. The quantitative estimate of drug-likeness (QED) is 0.141. The van der Waals surface area contributed by atoms with Crippen LogP contribution in [0.4, 0.5) is 17.1 Å². The Labute approximate surface area is 401 Å². The van der Waals surface area contributed by atoms with Crippen molar-refractivity contribution in [2.24, 2.45) is 0 Å². The van der Waals surface area contributed by atoms with Gasteiger partial charge in [0.15, 0.2) is 0 Å². The molecule has 3 heteroatoms. The van der Waals surface area contributed by atoms with Gasteiger partial charge in [-0.3, -0.25) is 0 Å². The second-order valence-corrected chi connectivity index (χ2v) is 17.6. The van der Waals surface area contributed by atoms with Gasteiger partial charge in [-0.2, -0.15) is 0 Å². The lowest BCUT2D eigenvalue weighted by Gasteiger charge is -2.30. The van der Waals surface area contributed by atoms with Crippen LogP contribution in [-0.2, 0) is 0 Å². The van der Waals surface area contributed by atoms with Crippen molar-refractivity contribution in [3.63, 3.8) is 0 Å². The standard InChI is InChI=1S/C66H45N3/c1-5-22-46(23-6-1)53-32-13-14-35-58(53)65-54(47-24-7-2-8-25-47)36-21-41-64(65)67(52-42-43-63-60(45-52)57-34-16-17-39-61(57)68(63)49-27-9-3-10-28-49)51-31-19-26-48(44-51)55-37-20-38-59-56-33-15-18-40-62(56)69(66(55)59)50-29-11-4-12-30-50/h1-45H. The van der Waals surface area contributed by atoms with E-state index in [4.69, 9.17) is 0 Å². The van der Waals surface area contributed by atoms with Crippen LogP contribution >= 0.6 is 0 Å². The lowest BCUT2D eigenvalue weighted by atomic mass is 9.87. The molecule has 0 saturated heterocycles. The molecule has 324 valence electrons. The van der Waals surface area contributed by atoms with Gasteiger partial charge in [-0.15, -0.1) is 0 Å². The van der Waals surface area contributed by atoms with Crippen LogP contribution in [0.1, 0.15) is 0 Å². The Kier molecular flexibility index (Phi) is 9.84. The largest absolute Gasteiger partial charge is 0.310 e. The molecule has 0 amide bonds. The zero-order chi connectivity index (χ0) is 45.7. The number of benzene rings is 11. The van der Waals surface area contributed by atoms with Gasteiger partial charge >= 0.3 is 0 Å². The molecule has 0 N–H and O–H groups in total. The molecule has 0 saturated carbocycles. The molecule has 11 aromatic carbocycles. The molecule has 69 heavy (non-hydrogen) atoms. The molecule has 13 rings (SSSR count). The maximum Gasteiger partial charge on any atom is 0.0619 e. The maximum atomic E-state index is 2.49. The molecule has 0 bridgehead atoms. The Morgan fingerprint density at radius 1 is 0.261 bits per heavy atom. The number of hydrogen-bond acceptors (Lipinski definition) is 1. The summed E-state index contributed by atoms with van der Waals surface area (Å²) in [5.74, 6) is 0. The van der Waals surface area contributed by atoms with E-state index < -0.39 is 0 Å². The fourth-order valence-electron chi connectivity index (χ4n) is 10.7. The van der Waals surface area contributed by atoms with Gasteiger partial charge in [-0.05, 0) is 106 Å². The van der Waals surface area contributed by atoms with Crippen LogP contribution in [-0.4, -0.2) is 9.13 Å². The predicted molar refractivity (Wildman–Crippen MR) is 292 cm³/mol. The minimum absolute atomic E-state index is 1.06. The minimum atomic E-state index is 1.06. The van der Waals surface area contributed by atoms with Crippen molar-refractivity contribution in [1.82, 2.24) is 9.13 Å². The van der Waals surface area contributed by atoms with Crippen LogP contribution in [0.15, 0.2) is 273 Å². The summed E-state index contributed by atoms with van der Waals surface area (Å²) in [6.45, 7) is 0. The van der Waals surface area contributed by atoms with Gasteiger partial charge in [0, 0.05) is 55.4 Å². The van der Waals surface area contributed by atoms with E-state index >= 15 is 0 Å². The Morgan fingerprint density at radius 3 is 1.43 bits per heavy atom. The highest BCUT2D eigenvalue weighted by molar-refractivity contribution is 6.14. The summed E-state index contributed by atoms with van der Waals surface area (Å²) in [4.78, 5) is 2.49. The van der Waals surface area contributed by atoms with E-state index in [9.17, 15) is 0 Å². The van der Waals surface area contributed by atoms with E-state index in [2.05, 4.69) is 287 Å². The molecular weight excluding hydrogens is 835 g/mol. The Morgan fingerprint density at radius 2 is 0.725 bits per heavy atom. The third-order valence-electron chi connectivity index (χ3n) is 13.7. The highest BCUT2D eigenvalue weighted by atomic mass is 15.1. The average molecular weight is 880 g/mol. The molecule has 0 radical (unpaired) electrons. The summed E-state index contributed by atoms with van der Waals surface area (Å²) >= 11 is 0. The van der Waals surface area contributed by atoms with Gasteiger partial charge < -0.3 is 14.0 Å². The van der Waals surface area contributed by atoms with Gasteiger partial charge in [0.1, 0.15) is 0 Å². The highest BCUT2D eigenvalue weighted by Crippen LogP contribution is 2.50. The Hall–Kier alpha value is -9.18. The van der Waals surface area contributed by atoms with Crippen LogP contribution in [0, 0.1) is 0 Å². The first-order valence-electron chi connectivity index (χ1n) is 23.7. The topological polar surface area (TPSA) is 13.1 Å². The number of anilines is 3. The van der Waals surface area contributed by atoms with E-state index in [1.807, 2.05) is 0 Å². The second-order valence-electron chi connectivity index (χ2n) is 17.6. The normalized spacial score (nSPS) is 11.5. The van der Waals surface area contributed by atoms with Gasteiger partial charge in [0.05, 0.1) is 27.8 Å². The second kappa shape index (κ2) is 16.9. The van der Waals surface area contributed by atoms with Crippen LogP contribution in [0.5, 0.6) is 0 Å². The molecule has 2 heterocycles. The van der Waals surface area contributed by atoms with Gasteiger partial charge in [0.25, 0.3) is 0 Å². The first-order valence-corrected chi connectivity index (χ1v) is 23.7. The first-order chi connectivity index (χ1) is 34.3. The molecule has 13 aromatic rings. The lowest BCUT2D eigenvalue weighted by molar-refractivity contribution is 1.18. The molecule has 0 aliphatic carbocycles. The van der Waals surface area contributed by atoms with E-state index in [1.165, 1.54) is 60.3 Å². The van der Waals surface area contributed by atoms with Crippen molar-refractivity contribution in [2.45, 2.75) is 0 Å². The van der Waals surface area contributed by atoms with Crippen LogP contribution in [0.25, 0.3) is 99.5 Å². The van der Waals surface area contributed by atoms with Crippen LogP contribution in [0.3, 0.4) is 0 Å². The number of hydrogen-bond donors (Lipinski definition) is 0. The van der Waals surface area contributed by atoms with E-state index in [1.54, 1.807) is 0 Å². The van der Waals surface area contributed by atoms with Crippen molar-refractivity contribution >= 4 is 60.7 Å². The van der Waals surface area contributed by atoms with Gasteiger partial charge in [-0.1, -0.05) is 200 Å². The molecule has 0 fully saturated rings. The summed E-state index contributed by atoms with van der Waals surface area (Å²) in [7, 11) is 0. The number of aromatic nitrogens is 2. The van der Waals surface area contributed by atoms with Crippen molar-refractivity contribution in [3.05, 3.63) is 273 Å². The molecule has 0 aliphatic heterocycles. The van der Waals surface area contributed by atoms with Crippen molar-refractivity contribution in [2.75, 3.05) is 4.90 Å². The molecule has 3 nitrogen and oxygen atoms in total. The van der Waals surface area contributed by atoms with Crippen molar-refractivity contribution < 1.29 is 0 Å². The summed E-state index contributed by atoms with van der Waals surface area (Å²) in [5, 5.41) is 4.86. The molecule has 0 atom stereocenters. The predicted octanol–water partition coefficient (Wildman–Crippen LogP) is 18.0. The maximum absolute atomic E-state index is 2.49. The molecule has 0 unspecified atom stereocenters. The zero-order valence-corrected chi connectivity index (χ0v) is 37.8. The SMILES string of the molecule is c1ccc(-c2ccccc2-c2c(-c3ccccc3)cccc2N(c2cccc(-c3cccc4c5ccccc5n(-c5ccccc5)c34)c2)c2ccc3c(c2)c2ccccc2n3-c2ccccc2)cc1. The van der Waals surface area contributed by atoms with E-state index in [0.29, 0.717) is 0 Å². The van der Waals surface area contributed by atoms with Gasteiger partial charge in [0.2, 0.25) is 0 Å². The third kappa shape index (κ3) is 6.82. The monoisotopic (exact) mass is 879 g/mol. The van der Waals surface area contributed by atoms with E-state index in [-0.39, 0.29) is 0 Å². The zero-order valence-electron chi connectivity index (χ0n) is 37.8. The highest BCUT2D eigenvalue weighted by Gasteiger charge is 2.25. The summed E-state index contributed by atoms with van der Waals surface area (Å²) in [6.07, 6.45) is 0. The Balaban J connectivity index is 1.11. The first kappa shape index (κ1) is 40.1. The fraction of sp³-hybridized carbons (Fsp3) is 0. The number of nitrogens with zero attached hydrogens (tertiary/aromatic N) is 3. The van der Waals surface area contributed by atoms with Crippen molar-refractivity contribution in [1.29, 1.82) is 0 Å². The van der Waals surface area contributed by atoms with Crippen LogP contribution in [0.2, 0.25) is 0 Å². The summed E-state index contributed by atoms with van der Waals surface area (Å²) in [5.41, 5.74) is 19.5. The van der Waals surface area contributed by atoms with Crippen LogP contribution < -0.4 is 4.90 Å². The van der Waals surface area contributed by atoms with Crippen molar-refractivity contribution in [3.8, 4) is 55.9 Å². The minimum Gasteiger partial charge on any atom is -0.310 e. The number of fused-ring (bicyclic) bond motifs is 6. The van der Waals surface area contributed by atoms with Gasteiger partial charge in [-0.25, -0.2) is 0 Å². The Bertz CT molecular complexity index is 4000. The summed E-state index contributed by atoms with van der Waals surface area (Å²) < 4.78 is 4.83. The molecule has 2 aromatic heterocycles. The van der Waals surface area contributed by atoms with E-state index in [0.717, 1.165) is 56.2 Å². The lowest BCUT2D eigenvalue weighted by Crippen LogP contribution is -2.12. The third-order valence-corrected chi connectivity index (χ3v) is 13.7. The molecular formula is C66H45N3.